The molecule has 2 aliphatic rings. The van der Waals surface area contributed by atoms with Gasteiger partial charge in [-0.2, -0.15) is 0 Å². The maximum Gasteiger partial charge on any atom is 0.347 e. The van der Waals surface area contributed by atoms with Gasteiger partial charge in [-0.25, -0.2) is 22.7 Å². The lowest BCUT2D eigenvalue weighted by molar-refractivity contribution is -0.145. The van der Waals surface area contributed by atoms with Crippen molar-refractivity contribution in [1.82, 2.24) is 4.72 Å². The van der Waals surface area contributed by atoms with Crippen molar-refractivity contribution in [3.63, 3.8) is 0 Å². The van der Waals surface area contributed by atoms with Gasteiger partial charge < -0.3 is 9.47 Å². The summed E-state index contributed by atoms with van der Waals surface area (Å²) in [5.41, 5.74) is 0.00488. The zero-order chi connectivity index (χ0) is 16.6. The van der Waals surface area contributed by atoms with E-state index in [2.05, 4.69) is 4.72 Å². The molecule has 1 aliphatic heterocycles. The molecule has 0 aromatic heterocycles. The minimum atomic E-state index is -3.80. The second-order valence-corrected chi connectivity index (χ2v) is 7.48. The molecule has 3 rings (SSSR count). The van der Waals surface area contributed by atoms with Crippen LogP contribution < -0.4 is 4.72 Å². The average Bonchev–Trinajstić information content (AvgIpc) is 3.20. The first-order valence-electron chi connectivity index (χ1n) is 7.06. The summed E-state index contributed by atoms with van der Waals surface area (Å²) in [6.45, 7) is 0.197. The highest BCUT2D eigenvalue weighted by atomic mass is 35.5. The monoisotopic (exact) mass is 359 g/mol. The Morgan fingerprint density at radius 1 is 1.30 bits per heavy atom. The van der Waals surface area contributed by atoms with Crippen LogP contribution in [0.4, 0.5) is 0 Å². The van der Waals surface area contributed by atoms with Crippen LogP contribution in [0.5, 0.6) is 0 Å². The molecule has 1 atom stereocenters. The molecule has 1 aromatic rings. The Morgan fingerprint density at radius 2 is 2.04 bits per heavy atom. The first-order valence-corrected chi connectivity index (χ1v) is 8.92. The first-order chi connectivity index (χ1) is 10.9. The summed E-state index contributed by atoms with van der Waals surface area (Å²) < 4.78 is 36.7. The normalized spacial score (nSPS) is 21.1. The third kappa shape index (κ3) is 3.65. The van der Waals surface area contributed by atoms with E-state index in [0.717, 1.165) is 18.9 Å². The fourth-order valence-electron chi connectivity index (χ4n) is 2.10. The van der Waals surface area contributed by atoms with Gasteiger partial charge in [-0.3, -0.25) is 0 Å². The minimum absolute atomic E-state index is 0.00488. The largest absolute Gasteiger partial charge is 0.463 e. The lowest BCUT2D eigenvalue weighted by atomic mass is 10.2. The second-order valence-electron chi connectivity index (χ2n) is 5.39. The molecule has 1 aromatic carbocycles. The smallest absolute Gasteiger partial charge is 0.347 e. The number of benzene rings is 1. The molecule has 2 fully saturated rings. The van der Waals surface area contributed by atoms with E-state index in [1.54, 1.807) is 0 Å². The van der Waals surface area contributed by atoms with E-state index in [4.69, 9.17) is 21.1 Å². The number of sulfonamides is 1. The second kappa shape index (κ2) is 6.10. The van der Waals surface area contributed by atoms with Gasteiger partial charge >= 0.3 is 11.9 Å². The Kier molecular flexibility index (Phi) is 4.31. The molecule has 1 aliphatic carbocycles. The molecule has 0 amide bonds. The van der Waals surface area contributed by atoms with Crippen molar-refractivity contribution >= 4 is 33.6 Å². The number of rotatable bonds is 5. The van der Waals surface area contributed by atoms with Crippen molar-refractivity contribution in [3.05, 3.63) is 28.8 Å². The van der Waals surface area contributed by atoms with Crippen LogP contribution in [0.15, 0.2) is 23.1 Å². The van der Waals surface area contributed by atoms with Gasteiger partial charge in [0.25, 0.3) is 0 Å². The maximum absolute atomic E-state index is 12.3. The molecule has 0 spiro atoms. The fraction of sp³-hybridized carbons (Fsp3) is 0.429. The predicted molar refractivity (Wildman–Crippen MR) is 79.6 cm³/mol. The molecule has 0 radical (unpaired) electrons. The van der Waals surface area contributed by atoms with Gasteiger partial charge in [0.15, 0.2) is 0 Å². The number of esters is 2. The van der Waals surface area contributed by atoms with Gasteiger partial charge in [-0.1, -0.05) is 11.6 Å². The summed E-state index contributed by atoms with van der Waals surface area (Å²) in [6, 6.07) is 3.73. The lowest BCUT2D eigenvalue weighted by Crippen LogP contribution is -2.26. The fourth-order valence-corrected chi connectivity index (χ4v) is 3.93. The Bertz CT molecular complexity index is 759. The Morgan fingerprint density at radius 3 is 2.65 bits per heavy atom. The van der Waals surface area contributed by atoms with Crippen LogP contribution in [0.3, 0.4) is 0 Å². The van der Waals surface area contributed by atoms with Crippen molar-refractivity contribution in [1.29, 1.82) is 0 Å². The molecule has 0 unspecified atom stereocenters. The highest BCUT2D eigenvalue weighted by Crippen LogP contribution is 2.27. The minimum Gasteiger partial charge on any atom is -0.463 e. The van der Waals surface area contributed by atoms with Crippen molar-refractivity contribution in [2.45, 2.75) is 36.3 Å². The summed E-state index contributed by atoms with van der Waals surface area (Å²) >= 11 is 5.94. The molecule has 1 saturated carbocycles. The number of carbonyl (C=O) groups excluding carboxylic acids is 2. The number of cyclic esters (lactones) is 1. The Balaban J connectivity index is 1.81. The van der Waals surface area contributed by atoms with E-state index in [9.17, 15) is 18.0 Å². The number of carbonyl (C=O) groups is 2. The van der Waals surface area contributed by atoms with E-state index in [-0.39, 0.29) is 34.6 Å². The van der Waals surface area contributed by atoms with Crippen LogP contribution in [0.25, 0.3) is 0 Å². The van der Waals surface area contributed by atoms with Gasteiger partial charge in [0, 0.05) is 12.5 Å². The lowest BCUT2D eigenvalue weighted by Gasteiger charge is -2.11. The zero-order valence-electron chi connectivity index (χ0n) is 12.0. The van der Waals surface area contributed by atoms with Crippen molar-refractivity contribution in [3.8, 4) is 0 Å². The zero-order valence-corrected chi connectivity index (χ0v) is 13.5. The van der Waals surface area contributed by atoms with Gasteiger partial charge in [0.05, 0.1) is 17.2 Å². The Labute approximate surface area is 138 Å². The number of nitrogens with one attached hydrogen (secondary N) is 1. The molecule has 1 N–H and O–H groups in total. The molecule has 0 bridgehead atoms. The van der Waals surface area contributed by atoms with E-state index >= 15 is 0 Å². The number of hydrogen-bond donors (Lipinski definition) is 1. The topological polar surface area (TPSA) is 98.8 Å². The van der Waals surface area contributed by atoms with Crippen LogP contribution in [-0.2, 0) is 24.3 Å². The van der Waals surface area contributed by atoms with Gasteiger partial charge in [-0.15, -0.1) is 0 Å². The molecule has 124 valence electrons. The van der Waals surface area contributed by atoms with Crippen molar-refractivity contribution in [2.24, 2.45) is 0 Å². The van der Waals surface area contributed by atoms with E-state index in [1.165, 1.54) is 12.1 Å². The molecule has 7 nitrogen and oxygen atoms in total. The molecule has 1 saturated heterocycles. The number of hydrogen-bond acceptors (Lipinski definition) is 6. The van der Waals surface area contributed by atoms with E-state index in [1.807, 2.05) is 0 Å². The molecular weight excluding hydrogens is 346 g/mol. The van der Waals surface area contributed by atoms with Crippen LogP contribution >= 0.6 is 11.6 Å². The van der Waals surface area contributed by atoms with Crippen LogP contribution in [0.2, 0.25) is 5.02 Å². The molecule has 9 heteroatoms. The first kappa shape index (κ1) is 16.2. The summed E-state index contributed by atoms with van der Waals surface area (Å²) in [4.78, 5) is 23.2. The Hall–Kier alpha value is -1.64. The van der Waals surface area contributed by atoms with Crippen LogP contribution in [-0.4, -0.2) is 39.1 Å². The van der Waals surface area contributed by atoms with Gasteiger partial charge in [0.1, 0.15) is 4.90 Å². The highest BCUT2D eigenvalue weighted by Gasteiger charge is 2.32. The molecule has 23 heavy (non-hydrogen) atoms. The summed E-state index contributed by atoms with van der Waals surface area (Å²) in [7, 11) is -3.80. The standard InChI is InChI=1S/C14H14ClNO6S/c15-10-4-1-8(13(17)22-11-5-6-21-14(11)18)7-12(10)23(19,20)16-9-2-3-9/h1,4,7,9,11,16H,2-3,5-6H2/t11-/m1/s1. The quantitative estimate of drug-likeness (QED) is 0.794. The SMILES string of the molecule is O=C(O[C@@H]1CCOC1=O)c1ccc(Cl)c(S(=O)(=O)NC2CC2)c1. The highest BCUT2D eigenvalue weighted by molar-refractivity contribution is 7.89. The third-order valence-electron chi connectivity index (χ3n) is 3.49. The summed E-state index contributed by atoms with van der Waals surface area (Å²) in [5, 5.41) is 0.00924. The summed E-state index contributed by atoms with van der Waals surface area (Å²) in [6.07, 6.45) is 0.889. The van der Waals surface area contributed by atoms with E-state index in [0.29, 0.717) is 0 Å². The molecular formula is C14H14ClNO6S. The third-order valence-corrected chi connectivity index (χ3v) is 5.49. The van der Waals surface area contributed by atoms with Gasteiger partial charge in [0.2, 0.25) is 16.1 Å². The van der Waals surface area contributed by atoms with E-state index < -0.39 is 28.1 Å². The number of halogens is 1. The van der Waals surface area contributed by atoms with Crippen molar-refractivity contribution < 1.29 is 27.5 Å². The van der Waals surface area contributed by atoms with Crippen LogP contribution in [0.1, 0.15) is 29.6 Å². The van der Waals surface area contributed by atoms with Crippen LogP contribution in [0, 0.1) is 0 Å². The average molecular weight is 360 g/mol. The number of ether oxygens (including phenoxy) is 2. The predicted octanol–water partition coefficient (Wildman–Crippen LogP) is 1.25. The van der Waals surface area contributed by atoms with Gasteiger partial charge in [-0.05, 0) is 31.0 Å². The van der Waals surface area contributed by atoms with Crippen molar-refractivity contribution in [2.75, 3.05) is 6.61 Å². The summed E-state index contributed by atoms with van der Waals surface area (Å²) in [5.74, 6) is -1.40. The molecule has 1 heterocycles. The maximum atomic E-state index is 12.3.